The first-order valence-electron chi connectivity index (χ1n) is 10.7. The zero-order valence-corrected chi connectivity index (χ0v) is 17.2. The van der Waals surface area contributed by atoms with E-state index < -0.39 is 0 Å². The molecule has 0 amide bonds. The van der Waals surface area contributed by atoms with Crippen molar-refractivity contribution in [2.45, 2.75) is 79.1 Å². The van der Waals surface area contributed by atoms with Gasteiger partial charge in [0.2, 0.25) is 0 Å². The highest BCUT2D eigenvalue weighted by Crippen LogP contribution is 2.45. The first kappa shape index (κ1) is 21.2. The van der Waals surface area contributed by atoms with E-state index in [0.29, 0.717) is 25.0 Å². The summed E-state index contributed by atoms with van der Waals surface area (Å²) in [7, 11) is 0. The molecule has 2 saturated carbocycles. The maximum absolute atomic E-state index is 12.7. The third kappa shape index (κ3) is 5.99. The maximum atomic E-state index is 12.7. The van der Waals surface area contributed by atoms with Crippen LogP contribution in [0.3, 0.4) is 0 Å². The lowest BCUT2D eigenvalue weighted by Crippen LogP contribution is -2.41. The zero-order chi connectivity index (χ0) is 19.1. The number of hydrogen-bond acceptors (Lipinski definition) is 4. The van der Waals surface area contributed by atoms with Gasteiger partial charge in [-0.05, 0) is 49.4 Å². The van der Waals surface area contributed by atoms with Gasteiger partial charge in [-0.15, -0.1) is 0 Å². The average molecular weight is 367 g/mol. The van der Waals surface area contributed by atoms with Crippen LogP contribution in [0, 0.1) is 35.5 Å². The molecule has 0 aromatic carbocycles. The van der Waals surface area contributed by atoms with Crippen molar-refractivity contribution in [2.24, 2.45) is 35.5 Å². The molecule has 0 aromatic heterocycles. The summed E-state index contributed by atoms with van der Waals surface area (Å²) in [5, 5.41) is 0. The van der Waals surface area contributed by atoms with Gasteiger partial charge in [0.15, 0.2) is 0 Å². The number of hydrogen-bond donors (Lipinski definition) is 0. The zero-order valence-electron chi connectivity index (χ0n) is 17.2. The Morgan fingerprint density at radius 3 is 1.38 bits per heavy atom. The summed E-state index contributed by atoms with van der Waals surface area (Å²) >= 11 is 0. The number of ether oxygens (including phenoxy) is 2. The molecule has 4 atom stereocenters. The monoisotopic (exact) mass is 366 g/mol. The van der Waals surface area contributed by atoms with Gasteiger partial charge in [-0.25, -0.2) is 0 Å². The molecule has 2 rings (SSSR count). The molecule has 0 aliphatic heterocycles. The second-order valence-corrected chi connectivity index (χ2v) is 9.16. The fourth-order valence-corrected chi connectivity index (χ4v) is 4.64. The molecule has 2 aliphatic carbocycles. The predicted octanol–water partition coefficient (Wildman–Crippen LogP) is 5.00. The van der Waals surface area contributed by atoms with Crippen LogP contribution >= 0.6 is 0 Å². The van der Waals surface area contributed by atoms with Crippen LogP contribution in [0.4, 0.5) is 0 Å². The lowest BCUT2D eigenvalue weighted by atomic mass is 9.64. The van der Waals surface area contributed by atoms with E-state index >= 15 is 0 Å². The molecule has 26 heavy (non-hydrogen) atoms. The van der Waals surface area contributed by atoms with Crippen LogP contribution in [-0.2, 0) is 19.1 Å². The number of rotatable bonds is 7. The van der Waals surface area contributed by atoms with Crippen molar-refractivity contribution in [2.75, 3.05) is 13.2 Å². The first-order valence-corrected chi connectivity index (χ1v) is 10.7. The quantitative estimate of drug-likeness (QED) is 0.595. The van der Waals surface area contributed by atoms with E-state index in [0.717, 1.165) is 51.4 Å². The van der Waals surface area contributed by atoms with E-state index in [4.69, 9.17) is 9.47 Å². The SMILES string of the molecule is CC(C)COC(=O)C1CCCCC1C1CCCCC1C(=O)OCC(C)C. The minimum atomic E-state index is -0.0386. The highest BCUT2D eigenvalue weighted by atomic mass is 16.5. The van der Waals surface area contributed by atoms with Crippen molar-refractivity contribution in [3.05, 3.63) is 0 Å². The topological polar surface area (TPSA) is 52.6 Å². The van der Waals surface area contributed by atoms with Gasteiger partial charge in [-0.3, -0.25) is 9.59 Å². The lowest BCUT2D eigenvalue weighted by Gasteiger charge is -2.41. The van der Waals surface area contributed by atoms with Crippen molar-refractivity contribution in [3.63, 3.8) is 0 Å². The Balaban J connectivity index is 2.06. The van der Waals surface area contributed by atoms with Crippen molar-refractivity contribution in [1.29, 1.82) is 0 Å². The molecule has 2 fully saturated rings. The summed E-state index contributed by atoms with van der Waals surface area (Å²) in [4.78, 5) is 25.4. The van der Waals surface area contributed by atoms with Gasteiger partial charge >= 0.3 is 11.9 Å². The first-order chi connectivity index (χ1) is 12.4. The van der Waals surface area contributed by atoms with Gasteiger partial charge in [0.1, 0.15) is 0 Å². The Hall–Kier alpha value is -1.06. The number of esters is 2. The van der Waals surface area contributed by atoms with Crippen LogP contribution in [0.1, 0.15) is 79.1 Å². The molecule has 2 aliphatic rings. The molecule has 0 saturated heterocycles. The van der Waals surface area contributed by atoms with Crippen LogP contribution in [0.25, 0.3) is 0 Å². The van der Waals surface area contributed by atoms with Gasteiger partial charge in [-0.2, -0.15) is 0 Å². The highest BCUT2D eigenvalue weighted by Gasteiger charge is 2.43. The minimum absolute atomic E-state index is 0.0361. The Labute approximate surface area is 159 Å². The molecule has 0 aromatic rings. The van der Waals surface area contributed by atoms with E-state index in [1.165, 1.54) is 0 Å². The van der Waals surface area contributed by atoms with E-state index in [-0.39, 0.29) is 35.6 Å². The van der Waals surface area contributed by atoms with Gasteiger partial charge < -0.3 is 9.47 Å². The van der Waals surface area contributed by atoms with Crippen molar-refractivity contribution >= 4 is 11.9 Å². The third-order valence-electron chi connectivity index (χ3n) is 5.91. The molecule has 4 unspecified atom stereocenters. The summed E-state index contributed by atoms with van der Waals surface area (Å²) in [6.45, 7) is 9.24. The minimum Gasteiger partial charge on any atom is -0.465 e. The Bertz CT molecular complexity index is 415. The molecule has 4 heteroatoms. The fraction of sp³-hybridized carbons (Fsp3) is 0.909. The molecular weight excluding hydrogens is 328 g/mol. The van der Waals surface area contributed by atoms with E-state index in [9.17, 15) is 9.59 Å². The van der Waals surface area contributed by atoms with Crippen molar-refractivity contribution in [1.82, 2.24) is 0 Å². The van der Waals surface area contributed by atoms with E-state index in [2.05, 4.69) is 27.7 Å². The molecule has 0 spiro atoms. The molecular formula is C22H38O4. The van der Waals surface area contributed by atoms with E-state index in [1.54, 1.807) is 0 Å². The van der Waals surface area contributed by atoms with Crippen LogP contribution in [0.2, 0.25) is 0 Å². The Kier molecular flexibility index (Phi) is 8.43. The average Bonchev–Trinajstić information content (AvgIpc) is 2.64. The summed E-state index contributed by atoms with van der Waals surface area (Å²) in [5.41, 5.74) is 0. The molecule has 0 radical (unpaired) electrons. The van der Waals surface area contributed by atoms with Crippen LogP contribution in [0.15, 0.2) is 0 Å². The summed E-state index contributed by atoms with van der Waals surface area (Å²) in [6, 6.07) is 0. The van der Waals surface area contributed by atoms with E-state index in [1.807, 2.05) is 0 Å². The number of carbonyl (C=O) groups excluding carboxylic acids is 2. The Morgan fingerprint density at radius 1 is 0.692 bits per heavy atom. The van der Waals surface area contributed by atoms with Gasteiger partial charge in [0.05, 0.1) is 25.0 Å². The second kappa shape index (κ2) is 10.3. The summed E-state index contributed by atoms with van der Waals surface area (Å²) < 4.78 is 11.2. The van der Waals surface area contributed by atoms with Crippen LogP contribution in [0.5, 0.6) is 0 Å². The normalized spacial score (nSPS) is 29.6. The standard InChI is InChI=1S/C22H38O4/c1-15(2)13-25-21(23)19-11-7-5-9-17(19)18-10-6-8-12-20(18)22(24)26-14-16(3)4/h15-20H,5-14H2,1-4H3. The second-order valence-electron chi connectivity index (χ2n) is 9.16. The molecule has 4 nitrogen and oxygen atoms in total. The predicted molar refractivity (Wildman–Crippen MR) is 102 cm³/mol. The molecule has 0 N–H and O–H groups in total. The van der Waals surface area contributed by atoms with Gasteiger partial charge in [0, 0.05) is 0 Å². The maximum Gasteiger partial charge on any atom is 0.309 e. The number of carbonyl (C=O) groups is 2. The Morgan fingerprint density at radius 2 is 1.04 bits per heavy atom. The molecule has 0 bridgehead atoms. The fourth-order valence-electron chi connectivity index (χ4n) is 4.64. The highest BCUT2D eigenvalue weighted by molar-refractivity contribution is 5.75. The van der Waals surface area contributed by atoms with Crippen LogP contribution < -0.4 is 0 Å². The van der Waals surface area contributed by atoms with Crippen LogP contribution in [-0.4, -0.2) is 25.2 Å². The summed E-state index contributed by atoms with van der Waals surface area (Å²) in [6.07, 6.45) is 8.39. The van der Waals surface area contributed by atoms with Crippen molar-refractivity contribution < 1.29 is 19.1 Å². The molecule has 0 heterocycles. The third-order valence-corrected chi connectivity index (χ3v) is 5.91. The smallest absolute Gasteiger partial charge is 0.309 e. The van der Waals surface area contributed by atoms with Gasteiger partial charge in [-0.1, -0.05) is 53.4 Å². The largest absolute Gasteiger partial charge is 0.465 e. The van der Waals surface area contributed by atoms with Crippen molar-refractivity contribution in [3.8, 4) is 0 Å². The summed E-state index contributed by atoms with van der Waals surface area (Å²) in [5.74, 6) is 1.12. The molecule has 150 valence electrons. The lowest BCUT2D eigenvalue weighted by molar-refractivity contribution is -0.160. The van der Waals surface area contributed by atoms with Gasteiger partial charge in [0.25, 0.3) is 0 Å².